The van der Waals surface area contributed by atoms with E-state index in [1.807, 2.05) is 40.0 Å². The summed E-state index contributed by atoms with van der Waals surface area (Å²) in [5.41, 5.74) is 0.0841. The predicted octanol–water partition coefficient (Wildman–Crippen LogP) is 3.93. The number of amides is 5. The number of aliphatic hydroxyl groups is 1. The Morgan fingerprint density at radius 2 is 1.45 bits per heavy atom. The molecule has 51 heavy (non-hydrogen) atoms. The SMILES string of the molecule is CSCC[C@H](NC(=O)[C@@H](NC(=O)OC(C)(C)C)C(C)C)C(=O)N[C@@H](CC(C)C)[C@@H](O)C[C@@H](C)C(=O)N[C@@H](CC(C)C)C(=O)NCc1cccnc1. The van der Waals surface area contributed by atoms with Crippen LogP contribution in [0.4, 0.5) is 4.79 Å². The minimum Gasteiger partial charge on any atom is -0.444 e. The minimum absolute atomic E-state index is 0.0340. The molecule has 5 amide bonds. The first-order chi connectivity index (χ1) is 23.7. The first-order valence-electron chi connectivity index (χ1n) is 18.0. The second kappa shape index (κ2) is 22.5. The summed E-state index contributed by atoms with van der Waals surface area (Å²) >= 11 is 1.52. The summed E-state index contributed by atoms with van der Waals surface area (Å²) < 4.78 is 5.34. The highest BCUT2D eigenvalue weighted by Crippen LogP contribution is 2.18. The first kappa shape index (κ1) is 45.6. The molecule has 0 aliphatic carbocycles. The number of hydrogen-bond acceptors (Lipinski definition) is 9. The van der Waals surface area contributed by atoms with Gasteiger partial charge in [-0.3, -0.25) is 24.2 Å². The fourth-order valence-corrected chi connectivity index (χ4v) is 5.78. The third-order valence-electron chi connectivity index (χ3n) is 7.95. The van der Waals surface area contributed by atoms with Crippen molar-refractivity contribution in [2.24, 2.45) is 23.7 Å². The maximum atomic E-state index is 13.7. The van der Waals surface area contributed by atoms with Gasteiger partial charge < -0.3 is 36.4 Å². The standard InChI is InChI=1S/C37H64N6O7S/c1-22(2)17-28(41-34(47)27(14-16-51-11)40-35(48)31(24(5)6)43-36(49)50-37(8,9)10)30(44)19-25(7)32(45)42-29(18-23(3)4)33(46)39-21-26-13-12-15-38-20-26/h12-13,15,20,22-25,27-31,44H,14,16-19,21H2,1-11H3,(H,39,46)(H,40,48)(H,41,47)(H,42,45)(H,43,49)/t25-,27+,28+,29+,30+,31+/m1/s1. The molecule has 0 spiro atoms. The first-order valence-corrected chi connectivity index (χ1v) is 19.4. The molecule has 0 saturated heterocycles. The molecule has 0 aliphatic rings. The van der Waals surface area contributed by atoms with Crippen molar-refractivity contribution in [1.29, 1.82) is 0 Å². The van der Waals surface area contributed by atoms with Gasteiger partial charge in [0.1, 0.15) is 23.7 Å². The van der Waals surface area contributed by atoms with Crippen LogP contribution in [0.1, 0.15) is 100 Å². The zero-order valence-corrected chi connectivity index (χ0v) is 33.3. The molecule has 6 atom stereocenters. The molecule has 0 unspecified atom stereocenters. The number of aromatic nitrogens is 1. The van der Waals surface area contributed by atoms with Crippen LogP contribution >= 0.6 is 11.8 Å². The van der Waals surface area contributed by atoms with E-state index in [-0.39, 0.29) is 42.5 Å². The minimum atomic E-state index is -1.09. The highest BCUT2D eigenvalue weighted by atomic mass is 32.2. The van der Waals surface area contributed by atoms with Gasteiger partial charge in [0.15, 0.2) is 0 Å². The topological polar surface area (TPSA) is 188 Å². The van der Waals surface area contributed by atoms with Gasteiger partial charge in [0.05, 0.1) is 12.1 Å². The lowest BCUT2D eigenvalue weighted by Crippen LogP contribution is -2.58. The Morgan fingerprint density at radius 1 is 0.824 bits per heavy atom. The molecule has 1 rings (SSSR count). The van der Waals surface area contributed by atoms with E-state index in [0.717, 1.165) is 5.56 Å². The van der Waals surface area contributed by atoms with Crippen molar-refractivity contribution in [3.63, 3.8) is 0 Å². The molecule has 0 saturated carbocycles. The Balaban J connectivity index is 3.03. The summed E-state index contributed by atoms with van der Waals surface area (Å²) in [7, 11) is 0. The number of hydrogen-bond donors (Lipinski definition) is 6. The highest BCUT2D eigenvalue weighted by molar-refractivity contribution is 7.98. The van der Waals surface area contributed by atoms with Gasteiger partial charge in [0, 0.05) is 24.9 Å². The Morgan fingerprint density at radius 3 is 1.98 bits per heavy atom. The number of alkyl carbamates (subject to hydrolysis) is 1. The largest absolute Gasteiger partial charge is 0.444 e. The number of rotatable bonds is 21. The van der Waals surface area contributed by atoms with Crippen molar-refractivity contribution in [3.05, 3.63) is 30.1 Å². The number of nitrogens with zero attached hydrogens (tertiary/aromatic N) is 1. The van der Waals surface area contributed by atoms with E-state index in [9.17, 15) is 29.1 Å². The normalized spacial score (nSPS) is 15.3. The molecule has 290 valence electrons. The Hall–Kier alpha value is -3.39. The van der Waals surface area contributed by atoms with E-state index in [0.29, 0.717) is 25.0 Å². The van der Waals surface area contributed by atoms with Gasteiger partial charge in [-0.05, 0) is 87.8 Å². The van der Waals surface area contributed by atoms with Gasteiger partial charge in [-0.25, -0.2) is 4.79 Å². The molecule has 1 aromatic rings. The molecule has 0 fully saturated rings. The zero-order chi connectivity index (χ0) is 38.9. The molecule has 0 aromatic carbocycles. The van der Waals surface area contributed by atoms with Crippen LogP contribution in [0.3, 0.4) is 0 Å². The molecule has 1 aromatic heterocycles. The van der Waals surface area contributed by atoms with Crippen LogP contribution in [0.15, 0.2) is 24.5 Å². The smallest absolute Gasteiger partial charge is 0.408 e. The summed E-state index contributed by atoms with van der Waals surface area (Å²) in [4.78, 5) is 70.1. The molecule has 14 heteroatoms. The van der Waals surface area contributed by atoms with Crippen molar-refractivity contribution in [2.45, 2.75) is 137 Å². The van der Waals surface area contributed by atoms with Gasteiger partial charge in [0.25, 0.3) is 0 Å². The number of carbonyl (C=O) groups is 5. The van der Waals surface area contributed by atoms with Crippen molar-refractivity contribution in [2.75, 3.05) is 12.0 Å². The summed E-state index contributed by atoms with van der Waals surface area (Å²) in [5, 5.41) is 25.5. The number of ether oxygens (including phenoxy) is 1. The Kier molecular flexibility index (Phi) is 20.2. The summed E-state index contributed by atoms with van der Waals surface area (Å²) in [6, 6.07) is 0.279. The van der Waals surface area contributed by atoms with Crippen LogP contribution in [0.2, 0.25) is 0 Å². The van der Waals surface area contributed by atoms with Gasteiger partial charge in [-0.1, -0.05) is 54.5 Å². The number of pyridine rings is 1. The van der Waals surface area contributed by atoms with Crippen LogP contribution < -0.4 is 26.6 Å². The summed E-state index contributed by atoms with van der Waals surface area (Å²) in [6.07, 6.45) is 4.59. The van der Waals surface area contributed by atoms with Crippen LogP contribution in [0, 0.1) is 23.7 Å². The van der Waals surface area contributed by atoms with Crippen LogP contribution in [-0.4, -0.2) is 87.7 Å². The highest BCUT2D eigenvalue weighted by Gasteiger charge is 2.33. The second-order valence-corrected chi connectivity index (χ2v) is 16.4. The molecule has 0 bridgehead atoms. The number of nitrogens with one attached hydrogen (secondary N) is 5. The van der Waals surface area contributed by atoms with E-state index in [1.165, 1.54) is 11.8 Å². The van der Waals surface area contributed by atoms with Crippen molar-refractivity contribution >= 4 is 41.5 Å². The van der Waals surface area contributed by atoms with Gasteiger partial charge >= 0.3 is 6.09 Å². The van der Waals surface area contributed by atoms with Crippen LogP contribution in [-0.2, 0) is 30.5 Å². The lowest BCUT2D eigenvalue weighted by Gasteiger charge is -2.31. The van der Waals surface area contributed by atoms with E-state index in [4.69, 9.17) is 4.74 Å². The van der Waals surface area contributed by atoms with E-state index < -0.39 is 59.7 Å². The van der Waals surface area contributed by atoms with Crippen molar-refractivity contribution in [1.82, 2.24) is 31.6 Å². The van der Waals surface area contributed by atoms with Gasteiger partial charge in [0.2, 0.25) is 23.6 Å². The molecule has 13 nitrogen and oxygen atoms in total. The van der Waals surface area contributed by atoms with Crippen molar-refractivity contribution in [3.8, 4) is 0 Å². The van der Waals surface area contributed by atoms with E-state index in [2.05, 4.69) is 31.6 Å². The van der Waals surface area contributed by atoms with Crippen LogP contribution in [0.25, 0.3) is 0 Å². The van der Waals surface area contributed by atoms with Crippen LogP contribution in [0.5, 0.6) is 0 Å². The summed E-state index contributed by atoms with van der Waals surface area (Å²) in [5.74, 6) is -1.85. The average molecular weight is 737 g/mol. The lowest BCUT2D eigenvalue weighted by molar-refractivity contribution is -0.132. The van der Waals surface area contributed by atoms with E-state index in [1.54, 1.807) is 60.0 Å². The number of thioether (sulfide) groups is 1. The maximum Gasteiger partial charge on any atom is 0.408 e. The number of carbonyl (C=O) groups excluding carboxylic acids is 5. The monoisotopic (exact) mass is 736 g/mol. The Bertz CT molecular complexity index is 1240. The maximum absolute atomic E-state index is 13.7. The lowest BCUT2D eigenvalue weighted by atomic mass is 9.91. The van der Waals surface area contributed by atoms with Crippen molar-refractivity contribution < 1.29 is 33.8 Å². The molecule has 0 radical (unpaired) electrons. The third-order valence-corrected chi connectivity index (χ3v) is 8.60. The summed E-state index contributed by atoms with van der Waals surface area (Å²) in [6.45, 7) is 18.6. The van der Waals surface area contributed by atoms with E-state index >= 15 is 0 Å². The fourth-order valence-electron chi connectivity index (χ4n) is 5.30. The molecule has 0 aliphatic heterocycles. The van der Waals surface area contributed by atoms with Gasteiger partial charge in [-0.2, -0.15) is 11.8 Å². The fraction of sp³-hybridized carbons (Fsp3) is 0.730. The molecular formula is C37H64N6O7S. The molecular weight excluding hydrogens is 673 g/mol. The molecule has 1 heterocycles. The van der Waals surface area contributed by atoms with Gasteiger partial charge in [-0.15, -0.1) is 0 Å². The second-order valence-electron chi connectivity index (χ2n) is 15.4. The average Bonchev–Trinajstić information content (AvgIpc) is 3.02. The quantitative estimate of drug-likeness (QED) is 0.109. The zero-order valence-electron chi connectivity index (χ0n) is 32.5. The third kappa shape index (κ3) is 18.6. The predicted molar refractivity (Wildman–Crippen MR) is 202 cm³/mol. The number of aliphatic hydroxyl groups excluding tert-OH is 1. The Labute approximate surface area is 309 Å². The molecule has 6 N–H and O–H groups in total.